The molecule has 0 saturated carbocycles. The molecule has 0 unspecified atom stereocenters. The smallest absolute Gasteiger partial charge is 0.0444 e. The van der Waals surface area contributed by atoms with Gasteiger partial charge in [0.05, 0.1) is 0 Å². The van der Waals surface area contributed by atoms with E-state index in [1.54, 1.807) is 0 Å². The molecule has 3 rings (SSSR count). The van der Waals surface area contributed by atoms with Gasteiger partial charge in [-0.2, -0.15) is 0 Å². The molecule has 0 aliphatic carbocycles. The van der Waals surface area contributed by atoms with Gasteiger partial charge in [0, 0.05) is 30.4 Å². The van der Waals surface area contributed by atoms with Crippen molar-refractivity contribution in [1.29, 1.82) is 0 Å². The van der Waals surface area contributed by atoms with Crippen molar-refractivity contribution in [2.24, 2.45) is 0 Å². The SMILES string of the molecule is C=C1c2ccccc2Cc2ccccc2N1C. The van der Waals surface area contributed by atoms with E-state index in [4.69, 9.17) is 0 Å². The van der Waals surface area contributed by atoms with E-state index in [0.717, 1.165) is 12.1 Å². The van der Waals surface area contributed by atoms with Gasteiger partial charge in [-0.3, -0.25) is 0 Å². The van der Waals surface area contributed by atoms with Crippen molar-refractivity contribution in [2.75, 3.05) is 11.9 Å². The van der Waals surface area contributed by atoms with E-state index in [9.17, 15) is 0 Å². The second kappa shape index (κ2) is 3.77. The number of rotatable bonds is 0. The minimum Gasteiger partial charge on any atom is -0.344 e. The third kappa shape index (κ3) is 1.55. The fourth-order valence-corrected chi connectivity index (χ4v) is 2.47. The highest BCUT2D eigenvalue weighted by molar-refractivity contribution is 5.82. The quantitative estimate of drug-likeness (QED) is 0.655. The summed E-state index contributed by atoms with van der Waals surface area (Å²) in [5.74, 6) is 0. The summed E-state index contributed by atoms with van der Waals surface area (Å²) in [5, 5.41) is 0. The summed E-state index contributed by atoms with van der Waals surface area (Å²) < 4.78 is 0. The molecule has 2 aromatic rings. The Morgan fingerprint density at radius 3 is 2.41 bits per heavy atom. The molecule has 1 aliphatic heterocycles. The number of anilines is 1. The molecule has 0 aromatic heterocycles. The molecule has 0 amide bonds. The third-order valence-corrected chi connectivity index (χ3v) is 3.47. The lowest BCUT2D eigenvalue weighted by atomic mass is 10.00. The van der Waals surface area contributed by atoms with E-state index >= 15 is 0 Å². The van der Waals surface area contributed by atoms with Crippen LogP contribution in [0.3, 0.4) is 0 Å². The normalized spacial score (nSPS) is 13.9. The molecule has 1 aliphatic rings. The highest BCUT2D eigenvalue weighted by Gasteiger charge is 2.18. The molecule has 17 heavy (non-hydrogen) atoms. The molecular weight excluding hydrogens is 206 g/mol. The number of benzene rings is 2. The van der Waals surface area contributed by atoms with E-state index in [1.165, 1.54) is 22.4 Å². The van der Waals surface area contributed by atoms with Gasteiger partial charge in [0.15, 0.2) is 0 Å². The summed E-state index contributed by atoms with van der Waals surface area (Å²) in [6.45, 7) is 4.22. The topological polar surface area (TPSA) is 3.24 Å². The van der Waals surface area contributed by atoms with Gasteiger partial charge in [0.1, 0.15) is 0 Å². The Bertz CT molecular complexity index is 584. The Labute approximate surface area is 102 Å². The first kappa shape index (κ1) is 10.2. The molecule has 0 saturated heterocycles. The molecule has 0 bridgehead atoms. The first-order valence-electron chi connectivity index (χ1n) is 5.86. The highest BCUT2D eigenvalue weighted by Crippen LogP contribution is 2.34. The Morgan fingerprint density at radius 2 is 1.59 bits per heavy atom. The standard InChI is InChI=1S/C16H15N/c1-12-15-9-5-3-7-13(15)11-14-8-4-6-10-16(14)17(12)2/h3-10H,1,11H2,2H3. The van der Waals surface area contributed by atoms with E-state index in [-0.39, 0.29) is 0 Å². The van der Waals surface area contributed by atoms with Crippen molar-refractivity contribution in [3.8, 4) is 0 Å². The Balaban J connectivity index is 2.24. The van der Waals surface area contributed by atoms with Crippen molar-refractivity contribution in [3.05, 3.63) is 71.8 Å². The first-order valence-corrected chi connectivity index (χ1v) is 5.86. The van der Waals surface area contributed by atoms with Crippen molar-refractivity contribution in [3.63, 3.8) is 0 Å². The maximum absolute atomic E-state index is 4.22. The maximum Gasteiger partial charge on any atom is 0.0444 e. The lowest BCUT2D eigenvalue weighted by Gasteiger charge is -2.21. The second-order valence-corrected chi connectivity index (χ2v) is 4.47. The molecule has 2 aromatic carbocycles. The van der Waals surface area contributed by atoms with Crippen LogP contribution in [-0.4, -0.2) is 7.05 Å². The first-order chi connectivity index (χ1) is 8.27. The summed E-state index contributed by atoms with van der Waals surface area (Å²) in [6, 6.07) is 17.1. The second-order valence-electron chi connectivity index (χ2n) is 4.47. The van der Waals surface area contributed by atoms with Gasteiger partial charge in [-0.25, -0.2) is 0 Å². The zero-order valence-corrected chi connectivity index (χ0v) is 9.98. The van der Waals surface area contributed by atoms with Gasteiger partial charge >= 0.3 is 0 Å². The Hall–Kier alpha value is -2.02. The van der Waals surface area contributed by atoms with Crippen molar-refractivity contribution in [1.82, 2.24) is 0 Å². The number of hydrogen-bond donors (Lipinski definition) is 0. The summed E-state index contributed by atoms with van der Waals surface area (Å²) >= 11 is 0. The predicted octanol–water partition coefficient (Wildman–Crippen LogP) is 3.70. The van der Waals surface area contributed by atoms with Crippen LogP contribution < -0.4 is 4.90 Å². The fraction of sp³-hybridized carbons (Fsp3) is 0.125. The summed E-state index contributed by atoms with van der Waals surface area (Å²) in [5.41, 5.74) is 6.31. The van der Waals surface area contributed by atoms with E-state index in [2.05, 4.69) is 67.1 Å². The van der Waals surface area contributed by atoms with E-state index < -0.39 is 0 Å². The largest absolute Gasteiger partial charge is 0.344 e. The Morgan fingerprint density at radius 1 is 0.941 bits per heavy atom. The Kier molecular flexibility index (Phi) is 2.25. The fourth-order valence-electron chi connectivity index (χ4n) is 2.47. The van der Waals surface area contributed by atoms with Crippen LogP contribution in [0.4, 0.5) is 5.69 Å². The van der Waals surface area contributed by atoms with E-state index in [1.807, 2.05) is 0 Å². The van der Waals surface area contributed by atoms with Crippen LogP contribution >= 0.6 is 0 Å². The number of fused-ring (bicyclic) bond motifs is 2. The molecule has 0 atom stereocenters. The average Bonchev–Trinajstić information content (AvgIpc) is 2.48. The van der Waals surface area contributed by atoms with Gasteiger partial charge in [-0.15, -0.1) is 0 Å². The number of hydrogen-bond acceptors (Lipinski definition) is 1. The monoisotopic (exact) mass is 221 g/mol. The van der Waals surface area contributed by atoms with Gasteiger partial charge in [0.25, 0.3) is 0 Å². The molecule has 1 heteroatoms. The lowest BCUT2D eigenvalue weighted by molar-refractivity contribution is 1.18. The molecule has 0 spiro atoms. The highest BCUT2D eigenvalue weighted by atomic mass is 15.1. The third-order valence-electron chi connectivity index (χ3n) is 3.47. The lowest BCUT2D eigenvalue weighted by Crippen LogP contribution is -2.14. The molecule has 0 N–H and O–H groups in total. The van der Waals surface area contributed by atoms with Crippen molar-refractivity contribution < 1.29 is 0 Å². The average molecular weight is 221 g/mol. The molecule has 0 fully saturated rings. The van der Waals surface area contributed by atoms with Crippen LogP contribution in [0.15, 0.2) is 55.1 Å². The summed E-state index contributed by atoms with van der Waals surface area (Å²) in [4.78, 5) is 2.18. The zero-order valence-electron chi connectivity index (χ0n) is 9.98. The number of para-hydroxylation sites is 1. The van der Waals surface area contributed by atoms with Crippen molar-refractivity contribution >= 4 is 11.4 Å². The minimum atomic E-state index is 0.982. The summed E-state index contributed by atoms with van der Waals surface area (Å²) in [6.07, 6.45) is 0.982. The van der Waals surface area contributed by atoms with Gasteiger partial charge < -0.3 is 4.90 Å². The van der Waals surface area contributed by atoms with Crippen LogP contribution in [0, 0.1) is 0 Å². The molecule has 1 nitrogen and oxygen atoms in total. The molecular formula is C16H15N. The van der Waals surface area contributed by atoms with Crippen LogP contribution in [0.1, 0.15) is 16.7 Å². The van der Waals surface area contributed by atoms with Crippen LogP contribution in [-0.2, 0) is 6.42 Å². The molecule has 0 radical (unpaired) electrons. The summed E-state index contributed by atoms with van der Waals surface area (Å²) in [7, 11) is 2.09. The van der Waals surface area contributed by atoms with Crippen LogP contribution in [0.5, 0.6) is 0 Å². The molecule has 84 valence electrons. The predicted molar refractivity (Wildman–Crippen MR) is 73.1 cm³/mol. The van der Waals surface area contributed by atoms with Gasteiger partial charge in [0.2, 0.25) is 0 Å². The van der Waals surface area contributed by atoms with Crippen LogP contribution in [0.2, 0.25) is 0 Å². The van der Waals surface area contributed by atoms with Gasteiger partial charge in [-0.1, -0.05) is 49.0 Å². The minimum absolute atomic E-state index is 0.982. The number of nitrogens with zero attached hydrogens (tertiary/aromatic N) is 1. The zero-order chi connectivity index (χ0) is 11.8. The van der Waals surface area contributed by atoms with Gasteiger partial charge in [-0.05, 0) is 17.2 Å². The van der Waals surface area contributed by atoms with Crippen LogP contribution in [0.25, 0.3) is 5.70 Å². The molecule has 1 heterocycles. The maximum atomic E-state index is 4.22. The van der Waals surface area contributed by atoms with Crippen molar-refractivity contribution in [2.45, 2.75) is 6.42 Å². The van der Waals surface area contributed by atoms with E-state index in [0.29, 0.717) is 0 Å².